The molecule has 2 aliphatic heterocycles. The molecule has 2 aliphatic rings. The van der Waals surface area contributed by atoms with E-state index in [9.17, 15) is 9.59 Å². The Bertz CT molecular complexity index is 658. The molecule has 6 heteroatoms. The molecule has 2 saturated heterocycles. The third-order valence-corrected chi connectivity index (χ3v) is 6.25. The molecule has 5 nitrogen and oxygen atoms in total. The van der Waals surface area contributed by atoms with Crippen LogP contribution in [0.2, 0.25) is 0 Å². The molecule has 0 aliphatic carbocycles. The summed E-state index contributed by atoms with van der Waals surface area (Å²) in [5, 5.41) is 6.38. The van der Waals surface area contributed by atoms with E-state index >= 15 is 0 Å². The Balaban J connectivity index is 1.59. The molecular formula is C20H29N3O2S. The van der Waals surface area contributed by atoms with Crippen LogP contribution in [0.5, 0.6) is 0 Å². The Morgan fingerprint density at radius 3 is 2.92 bits per heavy atom. The first-order valence-electron chi connectivity index (χ1n) is 9.54. The van der Waals surface area contributed by atoms with Gasteiger partial charge < -0.3 is 15.5 Å². The predicted molar refractivity (Wildman–Crippen MR) is 108 cm³/mol. The van der Waals surface area contributed by atoms with Crippen molar-refractivity contribution in [2.45, 2.75) is 39.2 Å². The van der Waals surface area contributed by atoms with E-state index in [2.05, 4.69) is 17.6 Å². The summed E-state index contributed by atoms with van der Waals surface area (Å²) in [6.07, 6.45) is 2.76. The Hall–Kier alpha value is -1.53. The number of likely N-dealkylation sites (tertiary alicyclic amines) is 1. The van der Waals surface area contributed by atoms with Crippen molar-refractivity contribution >= 4 is 29.3 Å². The molecule has 0 spiro atoms. The lowest BCUT2D eigenvalue weighted by Gasteiger charge is -2.31. The summed E-state index contributed by atoms with van der Waals surface area (Å²) in [6.45, 7) is 6.78. The van der Waals surface area contributed by atoms with E-state index in [-0.39, 0.29) is 17.9 Å². The van der Waals surface area contributed by atoms with Gasteiger partial charge in [0, 0.05) is 54.9 Å². The Labute approximate surface area is 160 Å². The van der Waals surface area contributed by atoms with Crippen LogP contribution in [0, 0.1) is 12.8 Å². The molecule has 2 N–H and O–H groups in total. The van der Waals surface area contributed by atoms with Gasteiger partial charge in [0.05, 0.1) is 0 Å². The van der Waals surface area contributed by atoms with Crippen molar-refractivity contribution in [3.63, 3.8) is 0 Å². The summed E-state index contributed by atoms with van der Waals surface area (Å²) in [6, 6.07) is 5.83. The van der Waals surface area contributed by atoms with Crippen molar-refractivity contribution in [1.82, 2.24) is 10.2 Å². The molecule has 2 fully saturated rings. The quantitative estimate of drug-likeness (QED) is 0.849. The average molecular weight is 376 g/mol. The standard InChI is InChI=1S/C20H29N3O2S/c1-14-4-3-8-23(12-14)20(25)16-5-6-18(15(2)10-16)22-19(24)11-17-13-26-9-7-21-17/h5-6,10,14,17,21H,3-4,7-9,11-13H2,1-2H3,(H,22,24). The van der Waals surface area contributed by atoms with Crippen molar-refractivity contribution < 1.29 is 9.59 Å². The van der Waals surface area contributed by atoms with Crippen LogP contribution in [-0.4, -0.2) is 53.9 Å². The van der Waals surface area contributed by atoms with Gasteiger partial charge >= 0.3 is 0 Å². The number of rotatable bonds is 4. The number of hydrogen-bond acceptors (Lipinski definition) is 4. The van der Waals surface area contributed by atoms with Gasteiger partial charge in [-0.25, -0.2) is 0 Å². The SMILES string of the molecule is Cc1cc(C(=O)N2CCCC(C)C2)ccc1NC(=O)CC1CSCCN1. The van der Waals surface area contributed by atoms with Crippen LogP contribution in [0.25, 0.3) is 0 Å². The van der Waals surface area contributed by atoms with Gasteiger partial charge in [0.1, 0.15) is 0 Å². The van der Waals surface area contributed by atoms with Crippen molar-refractivity contribution in [1.29, 1.82) is 0 Å². The van der Waals surface area contributed by atoms with E-state index in [0.29, 0.717) is 17.9 Å². The minimum atomic E-state index is 0.0250. The minimum absolute atomic E-state index is 0.0250. The molecule has 0 aromatic heterocycles. The maximum Gasteiger partial charge on any atom is 0.253 e. The van der Waals surface area contributed by atoms with Gasteiger partial charge in [0.25, 0.3) is 5.91 Å². The highest BCUT2D eigenvalue weighted by Crippen LogP contribution is 2.22. The molecule has 0 radical (unpaired) electrons. The summed E-state index contributed by atoms with van der Waals surface area (Å²) in [7, 11) is 0. The van der Waals surface area contributed by atoms with Crippen LogP contribution >= 0.6 is 11.8 Å². The lowest BCUT2D eigenvalue weighted by atomic mass is 9.99. The maximum absolute atomic E-state index is 12.7. The largest absolute Gasteiger partial charge is 0.338 e. The molecule has 1 aromatic carbocycles. The second-order valence-electron chi connectivity index (χ2n) is 7.51. The van der Waals surface area contributed by atoms with E-state index < -0.39 is 0 Å². The lowest BCUT2D eigenvalue weighted by molar-refractivity contribution is -0.116. The molecule has 0 bridgehead atoms. The molecule has 2 unspecified atom stereocenters. The molecule has 2 heterocycles. The molecule has 3 rings (SSSR count). The first kappa shape index (κ1) is 19.2. The van der Waals surface area contributed by atoms with Gasteiger partial charge in [-0.05, 0) is 49.4 Å². The number of carbonyl (C=O) groups is 2. The molecule has 142 valence electrons. The van der Waals surface area contributed by atoms with Gasteiger partial charge in [-0.15, -0.1) is 0 Å². The van der Waals surface area contributed by atoms with E-state index in [1.807, 2.05) is 41.8 Å². The second kappa shape index (κ2) is 8.91. The fourth-order valence-electron chi connectivity index (χ4n) is 3.67. The number of nitrogens with one attached hydrogen (secondary N) is 2. The molecule has 2 atom stereocenters. The topological polar surface area (TPSA) is 61.4 Å². The highest BCUT2D eigenvalue weighted by Gasteiger charge is 2.22. The molecular weight excluding hydrogens is 346 g/mol. The second-order valence-corrected chi connectivity index (χ2v) is 8.66. The van der Waals surface area contributed by atoms with E-state index in [0.717, 1.165) is 48.8 Å². The number of thioether (sulfide) groups is 1. The van der Waals surface area contributed by atoms with Crippen molar-refractivity contribution in [2.75, 3.05) is 36.5 Å². The fourth-order valence-corrected chi connectivity index (χ4v) is 4.62. The zero-order valence-corrected chi connectivity index (χ0v) is 16.5. The first-order valence-corrected chi connectivity index (χ1v) is 10.7. The van der Waals surface area contributed by atoms with Crippen LogP contribution in [0.3, 0.4) is 0 Å². The van der Waals surface area contributed by atoms with Crippen LogP contribution < -0.4 is 10.6 Å². The Kier molecular flexibility index (Phi) is 6.59. The predicted octanol–water partition coefficient (Wildman–Crippen LogP) is 2.90. The number of piperidine rings is 1. The highest BCUT2D eigenvalue weighted by atomic mass is 32.2. The van der Waals surface area contributed by atoms with Crippen molar-refractivity contribution in [2.24, 2.45) is 5.92 Å². The molecule has 26 heavy (non-hydrogen) atoms. The number of aryl methyl sites for hydroxylation is 1. The first-order chi connectivity index (χ1) is 12.5. The summed E-state index contributed by atoms with van der Waals surface area (Å²) in [5.74, 6) is 2.79. The number of anilines is 1. The molecule has 2 amide bonds. The Morgan fingerprint density at radius 2 is 2.23 bits per heavy atom. The molecule has 1 aromatic rings. The number of benzene rings is 1. The number of nitrogens with zero attached hydrogens (tertiary/aromatic N) is 1. The van der Waals surface area contributed by atoms with Gasteiger partial charge in [-0.3, -0.25) is 9.59 Å². The van der Waals surface area contributed by atoms with Gasteiger partial charge in [0.2, 0.25) is 5.91 Å². The normalized spacial score (nSPS) is 23.5. The number of hydrogen-bond donors (Lipinski definition) is 2. The van der Waals surface area contributed by atoms with Gasteiger partial charge in [-0.1, -0.05) is 6.92 Å². The molecule has 0 saturated carbocycles. The van der Waals surface area contributed by atoms with Gasteiger partial charge in [0.15, 0.2) is 0 Å². The van der Waals surface area contributed by atoms with E-state index in [1.165, 1.54) is 6.42 Å². The lowest BCUT2D eigenvalue weighted by Crippen LogP contribution is -2.40. The summed E-state index contributed by atoms with van der Waals surface area (Å²) in [4.78, 5) is 27.0. The number of carbonyl (C=O) groups excluding carboxylic acids is 2. The third-order valence-electron chi connectivity index (χ3n) is 5.12. The third kappa shape index (κ3) is 5.01. The Morgan fingerprint density at radius 1 is 1.38 bits per heavy atom. The zero-order valence-electron chi connectivity index (χ0n) is 15.7. The fraction of sp³-hybridized carbons (Fsp3) is 0.600. The van der Waals surface area contributed by atoms with E-state index in [4.69, 9.17) is 0 Å². The monoisotopic (exact) mass is 375 g/mol. The average Bonchev–Trinajstić information content (AvgIpc) is 2.63. The maximum atomic E-state index is 12.7. The highest BCUT2D eigenvalue weighted by molar-refractivity contribution is 7.99. The summed E-state index contributed by atoms with van der Waals surface area (Å²) >= 11 is 1.89. The zero-order chi connectivity index (χ0) is 18.5. The summed E-state index contributed by atoms with van der Waals surface area (Å²) < 4.78 is 0. The van der Waals surface area contributed by atoms with Crippen molar-refractivity contribution in [3.05, 3.63) is 29.3 Å². The smallest absolute Gasteiger partial charge is 0.253 e. The van der Waals surface area contributed by atoms with Crippen LogP contribution in [0.4, 0.5) is 5.69 Å². The van der Waals surface area contributed by atoms with Gasteiger partial charge in [-0.2, -0.15) is 11.8 Å². The van der Waals surface area contributed by atoms with Crippen LogP contribution in [0.15, 0.2) is 18.2 Å². The van der Waals surface area contributed by atoms with Crippen LogP contribution in [0.1, 0.15) is 42.1 Å². The van der Waals surface area contributed by atoms with Crippen LogP contribution in [-0.2, 0) is 4.79 Å². The summed E-state index contributed by atoms with van der Waals surface area (Å²) in [5.41, 5.74) is 2.43. The van der Waals surface area contributed by atoms with Crippen molar-refractivity contribution in [3.8, 4) is 0 Å². The minimum Gasteiger partial charge on any atom is -0.338 e. The van der Waals surface area contributed by atoms with E-state index in [1.54, 1.807) is 0 Å². The number of amides is 2.